The van der Waals surface area contributed by atoms with Gasteiger partial charge >= 0.3 is 29.0 Å². The Bertz CT molecular complexity index is 113. The monoisotopic (exact) mass is 184 g/mol. The van der Waals surface area contributed by atoms with Crippen LogP contribution in [0.5, 0.6) is 0 Å². The van der Waals surface area contributed by atoms with Crippen LogP contribution in [0.3, 0.4) is 0 Å². The molecule has 3 heteroatoms. The van der Waals surface area contributed by atoms with Gasteiger partial charge in [0.1, 0.15) is 0 Å². The molecule has 0 heterocycles. The van der Waals surface area contributed by atoms with E-state index in [4.69, 9.17) is 4.74 Å². The van der Waals surface area contributed by atoms with E-state index in [0.29, 0.717) is 6.61 Å². The molecular weight excluding hydrogens is 164 g/mol. The maximum absolute atomic E-state index is 10.3. The van der Waals surface area contributed by atoms with Crippen LogP contribution in [-0.2, 0) is 9.53 Å². The summed E-state index contributed by atoms with van der Waals surface area (Å²) in [5, 5.41) is 0. The number of carbonyl (C=O) groups is 1. The Hall–Kier alpha value is 0.236. The molecule has 0 aromatic carbocycles. The SMILES string of the molecule is CCCCCCCOC(C)=O.[H-].[H-].[Mg+2]. The first-order chi connectivity index (χ1) is 5.27. The van der Waals surface area contributed by atoms with Crippen LogP contribution in [0.2, 0.25) is 0 Å². The quantitative estimate of drug-likeness (QED) is 0.360. The third-order valence-electron chi connectivity index (χ3n) is 1.55. The zero-order valence-corrected chi connectivity index (χ0v) is 9.68. The molecule has 0 aliphatic carbocycles. The van der Waals surface area contributed by atoms with Gasteiger partial charge in [0.25, 0.3) is 0 Å². The Morgan fingerprint density at radius 1 is 1.25 bits per heavy atom. The van der Waals surface area contributed by atoms with E-state index < -0.39 is 0 Å². The molecule has 0 saturated heterocycles. The number of unbranched alkanes of at least 4 members (excludes halogenated alkanes) is 4. The van der Waals surface area contributed by atoms with Crippen LogP contribution in [-0.4, -0.2) is 35.6 Å². The summed E-state index contributed by atoms with van der Waals surface area (Å²) in [5.41, 5.74) is 0. The predicted molar refractivity (Wildman–Crippen MR) is 53.4 cm³/mol. The summed E-state index contributed by atoms with van der Waals surface area (Å²) in [7, 11) is 0. The van der Waals surface area contributed by atoms with Gasteiger partial charge in [-0.1, -0.05) is 32.6 Å². The van der Waals surface area contributed by atoms with Gasteiger partial charge in [-0.25, -0.2) is 0 Å². The molecule has 0 rings (SSSR count). The maximum atomic E-state index is 10.3. The van der Waals surface area contributed by atoms with Crippen molar-refractivity contribution in [3.8, 4) is 0 Å². The van der Waals surface area contributed by atoms with Gasteiger partial charge in [-0.05, 0) is 6.42 Å². The Morgan fingerprint density at radius 3 is 2.33 bits per heavy atom. The molecule has 0 aliphatic rings. The van der Waals surface area contributed by atoms with Crippen molar-refractivity contribution in [2.24, 2.45) is 0 Å². The van der Waals surface area contributed by atoms with Gasteiger partial charge in [0.2, 0.25) is 0 Å². The summed E-state index contributed by atoms with van der Waals surface area (Å²) in [6.07, 6.45) is 6.01. The standard InChI is InChI=1S/C9H18O2.Mg.2H/c1-3-4-5-6-7-8-11-9(2)10;;;/h3-8H2,1-2H3;;;/q;+2;2*-1. The summed E-state index contributed by atoms with van der Waals surface area (Å²) in [4.78, 5) is 10.3. The van der Waals surface area contributed by atoms with Crippen molar-refractivity contribution in [3.05, 3.63) is 0 Å². The second-order valence-electron chi connectivity index (χ2n) is 2.75. The Labute approximate surface area is 94.2 Å². The van der Waals surface area contributed by atoms with Crippen molar-refractivity contribution in [1.82, 2.24) is 0 Å². The van der Waals surface area contributed by atoms with Gasteiger partial charge in [-0.2, -0.15) is 0 Å². The molecule has 70 valence electrons. The van der Waals surface area contributed by atoms with Gasteiger partial charge in [0.15, 0.2) is 0 Å². The van der Waals surface area contributed by atoms with Crippen LogP contribution < -0.4 is 0 Å². The van der Waals surface area contributed by atoms with E-state index in [1.807, 2.05) is 0 Å². The molecule has 0 aromatic rings. The number of hydrogen-bond donors (Lipinski definition) is 0. The van der Waals surface area contributed by atoms with Crippen LogP contribution in [0.15, 0.2) is 0 Å². The van der Waals surface area contributed by atoms with E-state index in [0.717, 1.165) is 6.42 Å². The molecule has 0 amide bonds. The number of carbonyl (C=O) groups excluding carboxylic acids is 1. The third-order valence-corrected chi connectivity index (χ3v) is 1.55. The zero-order valence-electron chi connectivity index (χ0n) is 10.3. The van der Waals surface area contributed by atoms with Crippen molar-refractivity contribution in [1.29, 1.82) is 0 Å². The molecule has 0 aliphatic heterocycles. The fourth-order valence-corrected chi connectivity index (χ4v) is 0.922. The van der Waals surface area contributed by atoms with E-state index in [1.165, 1.54) is 32.6 Å². The van der Waals surface area contributed by atoms with E-state index in [1.54, 1.807) is 0 Å². The Kier molecular flexibility index (Phi) is 13.8. The van der Waals surface area contributed by atoms with E-state index >= 15 is 0 Å². The van der Waals surface area contributed by atoms with Gasteiger partial charge in [-0.3, -0.25) is 4.79 Å². The van der Waals surface area contributed by atoms with Gasteiger partial charge in [-0.15, -0.1) is 0 Å². The van der Waals surface area contributed by atoms with Crippen molar-refractivity contribution >= 4 is 29.0 Å². The minimum absolute atomic E-state index is 0. The summed E-state index contributed by atoms with van der Waals surface area (Å²) in [6.45, 7) is 4.23. The average molecular weight is 185 g/mol. The van der Waals surface area contributed by atoms with Crippen molar-refractivity contribution in [2.45, 2.75) is 46.0 Å². The molecule has 2 nitrogen and oxygen atoms in total. The molecule has 0 atom stereocenters. The van der Waals surface area contributed by atoms with E-state index in [2.05, 4.69) is 6.92 Å². The van der Waals surface area contributed by atoms with Crippen LogP contribution in [0, 0.1) is 0 Å². The Balaban J connectivity index is -0.000000167. The molecule has 0 bridgehead atoms. The molecule has 0 saturated carbocycles. The van der Waals surface area contributed by atoms with Crippen LogP contribution in [0.4, 0.5) is 0 Å². The second-order valence-corrected chi connectivity index (χ2v) is 2.75. The normalized spacial score (nSPS) is 8.83. The van der Waals surface area contributed by atoms with E-state index in [9.17, 15) is 4.79 Å². The van der Waals surface area contributed by atoms with Crippen molar-refractivity contribution in [2.75, 3.05) is 6.61 Å². The maximum Gasteiger partial charge on any atom is 2.00 e. The van der Waals surface area contributed by atoms with Crippen LogP contribution in [0.1, 0.15) is 48.8 Å². The Morgan fingerprint density at radius 2 is 1.83 bits per heavy atom. The smallest absolute Gasteiger partial charge is 1.00 e. The average Bonchev–Trinajstić information content (AvgIpc) is 1.96. The first-order valence-corrected chi connectivity index (χ1v) is 4.40. The predicted octanol–water partition coefficient (Wildman–Crippen LogP) is 2.36. The van der Waals surface area contributed by atoms with Gasteiger partial charge < -0.3 is 7.59 Å². The molecule has 0 fully saturated rings. The number of hydrogen-bond acceptors (Lipinski definition) is 2. The summed E-state index contributed by atoms with van der Waals surface area (Å²) in [6, 6.07) is 0. The number of esters is 1. The fraction of sp³-hybridized carbons (Fsp3) is 0.889. The molecule has 0 spiro atoms. The fourth-order valence-electron chi connectivity index (χ4n) is 0.922. The molecule has 12 heavy (non-hydrogen) atoms. The zero-order chi connectivity index (χ0) is 8.53. The molecule has 0 radical (unpaired) electrons. The molecule has 0 N–H and O–H groups in total. The number of ether oxygens (including phenoxy) is 1. The second kappa shape index (κ2) is 11.2. The summed E-state index contributed by atoms with van der Waals surface area (Å²) >= 11 is 0. The molecule has 0 unspecified atom stereocenters. The minimum Gasteiger partial charge on any atom is -1.00 e. The minimum atomic E-state index is -0.166. The van der Waals surface area contributed by atoms with Crippen molar-refractivity contribution in [3.63, 3.8) is 0 Å². The number of rotatable bonds is 6. The first-order valence-electron chi connectivity index (χ1n) is 4.40. The van der Waals surface area contributed by atoms with Crippen LogP contribution >= 0.6 is 0 Å². The van der Waals surface area contributed by atoms with E-state index in [-0.39, 0.29) is 31.9 Å². The largest absolute Gasteiger partial charge is 2.00 e. The summed E-state index contributed by atoms with van der Waals surface area (Å²) < 4.78 is 4.78. The van der Waals surface area contributed by atoms with Gasteiger partial charge in [0, 0.05) is 6.92 Å². The molecular formula is C9H20MgO2. The topological polar surface area (TPSA) is 26.3 Å². The summed E-state index contributed by atoms with van der Waals surface area (Å²) in [5.74, 6) is -0.166. The molecule has 0 aromatic heterocycles. The third kappa shape index (κ3) is 12.9. The van der Waals surface area contributed by atoms with Crippen molar-refractivity contribution < 1.29 is 12.4 Å². The first kappa shape index (κ1) is 14.7. The van der Waals surface area contributed by atoms with Crippen LogP contribution in [0.25, 0.3) is 0 Å². The van der Waals surface area contributed by atoms with Gasteiger partial charge in [0.05, 0.1) is 6.61 Å².